The summed E-state index contributed by atoms with van der Waals surface area (Å²) in [6.45, 7) is 8.14. The maximum atomic E-state index is 13.4. The smallest absolute Gasteiger partial charge is 0.260 e. The molecule has 31 heavy (non-hydrogen) atoms. The van der Waals surface area contributed by atoms with Gasteiger partial charge in [-0.1, -0.05) is 50.2 Å². The number of thioether (sulfide) groups is 1. The van der Waals surface area contributed by atoms with Crippen molar-refractivity contribution in [3.8, 4) is 5.75 Å². The molecule has 0 aliphatic carbocycles. The standard InChI is InChI=1S/C24H34N4O2S/c1-7-15(2)14-28(6)16(3)22-20(25-4)21(26-5)23(31-22)24(29)27-18-12-13-30-19-11-9-8-10-17(18)19/h8-11,15,18,26H,7,12-14H2,1-6H3,(H,27,29)/b22-16-,25-20?/t15-,18-/m0/s1. The van der Waals surface area contributed by atoms with Crippen LogP contribution in [0.3, 0.4) is 0 Å². The van der Waals surface area contributed by atoms with Gasteiger partial charge in [-0.2, -0.15) is 0 Å². The molecule has 0 fully saturated rings. The van der Waals surface area contributed by atoms with Crippen LogP contribution in [0.5, 0.6) is 5.75 Å². The molecule has 1 aromatic rings. The van der Waals surface area contributed by atoms with Crippen molar-refractivity contribution in [1.29, 1.82) is 0 Å². The molecule has 2 aliphatic heterocycles. The van der Waals surface area contributed by atoms with Crippen molar-refractivity contribution in [3.63, 3.8) is 0 Å². The number of fused-ring (bicyclic) bond motifs is 1. The first-order valence-electron chi connectivity index (χ1n) is 10.9. The zero-order valence-corrected chi connectivity index (χ0v) is 20.2. The van der Waals surface area contributed by atoms with E-state index in [9.17, 15) is 4.79 Å². The van der Waals surface area contributed by atoms with Gasteiger partial charge in [-0.25, -0.2) is 0 Å². The topological polar surface area (TPSA) is 66.0 Å². The zero-order chi connectivity index (χ0) is 22.5. The summed E-state index contributed by atoms with van der Waals surface area (Å²) in [5.74, 6) is 1.37. The number of hydrogen-bond donors (Lipinski definition) is 2. The van der Waals surface area contributed by atoms with Crippen molar-refractivity contribution in [1.82, 2.24) is 15.5 Å². The average Bonchev–Trinajstić information content (AvgIpc) is 3.17. The van der Waals surface area contributed by atoms with Gasteiger partial charge in [0.05, 0.1) is 29.0 Å². The summed E-state index contributed by atoms with van der Waals surface area (Å²) in [5, 5.41) is 6.45. The number of nitrogens with zero attached hydrogens (tertiary/aromatic N) is 2. The number of allylic oxidation sites excluding steroid dienone is 2. The van der Waals surface area contributed by atoms with Crippen molar-refractivity contribution in [2.75, 3.05) is 34.3 Å². The van der Waals surface area contributed by atoms with Crippen molar-refractivity contribution in [3.05, 3.63) is 51.0 Å². The first-order valence-corrected chi connectivity index (χ1v) is 11.7. The molecule has 1 aromatic carbocycles. The number of carbonyl (C=O) groups excluding carboxylic acids is 1. The molecular formula is C24H34N4O2S. The second kappa shape index (κ2) is 10.3. The largest absolute Gasteiger partial charge is 0.493 e. The third-order valence-corrected chi connectivity index (χ3v) is 7.30. The number of para-hydroxylation sites is 1. The zero-order valence-electron chi connectivity index (χ0n) is 19.4. The van der Waals surface area contributed by atoms with Gasteiger partial charge in [0.1, 0.15) is 10.7 Å². The van der Waals surface area contributed by atoms with E-state index in [1.807, 2.05) is 31.3 Å². The summed E-state index contributed by atoms with van der Waals surface area (Å²) in [6.07, 6.45) is 1.89. The normalized spacial score (nSPS) is 22.0. The monoisotopic (exact) mass is 442 g/mol. The van der Waals surface area contributed by atoms with E-state index in [-0.39, 0.29) is 11.9 Å². The third-order valence-electron chi connectivity index (χ3n) is 6.01. The molecule has 0 saturated heterocycles. The molecule has 3 rings (SSSR count). The Hall–Kier alpha value is -2.41. The van der Waals surface area contributed by atoms with Crippen molar-refractivity contribution >= 4 is 23.4 Å². The molecule has 1 amide bonds. The Morgan fingerprint density at radius 2 is 2.13 bits per heavy atom. The van der Waals surface area contributed by atoms with Crippen LogP contribution in [0.25, 0.3) is 0 Å². The predicted molar refractivity (Wildman–Crippen MR) is 129 cm³/mol. The van der Waals surface area contributed by atoms with Gasteiger partial charge in [-0.05, 0) is 18.9 Å². The molecule has 0 radical (unpaired) electrons. The van der Waals surface area contributed by atoms with E-state index in [0.29, 0.717) is 17.4 Å². The molecule has 0 unspecified atom stereocenters. The fourth-order valence-corrected chi connectivity index (χ4v) is 5.15. The minimum absolute atomic E-state index is 0.0622. The van der Waals surface area contributed by atoms with Crippen molar-refractivity contribution in [2.45, 2.75) is 39.7 Å². The van der Waals surface area contributed by atoms with Gasteiger partial charge >= 0.3 is 0 Å². The van der Waals surface area contributed by atoms with Gasteiger partial charge in [0.25, 0.3) is 5.91 Å². The van der Waals surface area contributed by atoms with Gasteiger partial charge < -0.3 is 20.3 Å². The van der Waals surface area contributed by atoms with E-state index in [2.05, 4.69) is 48.3 Å². The summed E-state index contributed by atoms with van der Waals surface area (Å²) in [4.78, 5) is 21.9. The highest BCUT2D eigenvalue weighted by Gasteiger charge is 2.34. The second-order valence-corrected chi connectivity index (χ2v) is 9.16. The van der Waals surface area contributed by atoms with E-state index < -0.39 is 0 Å². The Balaban J connectivity index is 1.85. The Kier molecular flexibility index (Phi) is 7.70. The van der Waals surface area contributed by atoms with Crippen LogP contribution < -0.4 is 15.4 Å². The third kappa shape index (κ3) is 4.92. The number of nitrogens with one attached hydrogen (secondary N) is 2. The molecule has 0 spiro atoms. The van der Waals surface area contributed by atoms with Crippen molar-refractivity contribution in [2.24, 2.45) is 10.9 Å². The van der Waals surface area contributed by atoms with Gasteiger partial charge in [0.2, 0.25) is 0 Å². The van der Waals surface area contributed by atoms with E-state index in [0.717, 1.165) is 52.7 Å². The first kappa shape index (κ1) is 23.3. The van der Waals surface area contributed by atoms with Crippen LogP contribution in [0.2, 0.25) is 0 Å². The molecular weight excluding hydrogens is 408 g/mol. The van der Waals surface area contributed by atoms with Gasteiger partial charge in [-0.15, -0.1) is 0 Å². The van der Waals surface area contributed by atoms with E-state index in [4.69, 9.17) is 4.74 Å². The van der Waals surface area contributed by atoms with Crippen LogP contribution in [0.1, 0.15) is 45.2 Å². The van der Waals surface area contributed by atoms with Crippen LogP contribution in [-0.2, 0) is 4.79 Å². The fraction of sp³-hybridized carbons (Fsp3) is 0.500. The second-order valence-electron chi connectivity index (χ2n) is 8.14. The lowest BCUT2D eigenvalue weighted by molar-refractivity contribution is -0.117. The van der Waals surface area contributed by atoms with Crippen LogP contribution in [0.4, 0.5) is 0 Å². The highest BCUT2D eigenvalue weighted by Crippen LogP contribution is 2.41. The SMILES string of the molecule is CC[C@H](C)CN(C)/C(C)=C1\SC(C(=O)N[C@H]2CCOc3ccccc32)=C(NC)C1=NC. The lowest BCUT2D eigenvalue weighted by atomic mass is 10.0. The van der Waals surface area contributed by atoms with Gasteiger partial charge in [0, 0.05) is 45.4 Å². The number of amides is 1. The van der Waals surface area contributed by atoms with E-state index >= 15 is 0 Å². The summed E-state index contributed by atoms with van der Waals surface area (Å²) < 4.78 is 5.74. The summed E-state index contributed by atoms with van der Waals surface area (Å²) in [7, 11) is 5.74. The van der Waals surface area contributed by atoms with E-state index in [1.165, 1.54) is 11.8 Å². The molecule has 2 heterocycles. The molecule has 0 bridgehead atoms. The fourth-order valence-electron chi connectivity index (χ4n) is 3.90. The van der Waals surface area contributed by atoms with E-state index in [1.54, 1.807) is 7.05 Å². The van der Waals surface area contributed by atoms with Crippen LogP contribution in [0.15, 0.2) is 50.5 Å². The summed E-state index contributed by atoms with van der Waals surface area (Å²) in [5.41, 5.74) is 3.80. The Bertz CT molecular complexity index is 922. The van der Waals surface area contributed by atoms with Crippen LogP contribution in [-0.4, -0.2) is 50.8 Å². The molecule has 0 aromatic heterocycles. The number of hydrogen-bond acceptors (Lipinski definition) is 6. The Morgan fingerprint density at radius 1 is 1.39 bits per heavy atom. The van der Waals surface area contributed by atoms with Crippen LogP contribution >= 0.6 is 11.8 Å². The molecule has 2 atom stereocenters. The molecule has 6 nitrogen and oxygen atoms in total. The number of ether oxygens (including phenoxy) is 1. The maximum absolute atomic E-state index is 13.4. The number of rotatable bonds is 7. The highest BCUT2D eigenvalue weighted by atomic mass is 32.2. The number of carbonyl (C=O) groups is 1. The Morgan fingerprint density at radius 3 is 2.81 bits per heavy atom. The van der Waals surface area contributed by atoms with Gasteiger partial charge in [-0.3, -0.25) is 9.79 Å². The molecule has 0 saturated carbocycles. The quantitative estimate of drug-likeness (QED) is 0.666. The minimum atomic E-state index is -0.0791. The molecule has 2 aliphatic rings. The maximum Gasteiger partial charge on any atom is 0.260 e. The summed E-state index contributed by atoms with van der Waals surface area (Å²) in [6, 6.07) is 7.85. The highest BCUT2D eigenvalue weighted by molar-refractivity contribution is 8.09. The van der Waals surface area contributed by atoms with Crippen LogP contribution in [0, 0.1) is 5.92 Å². The van der Waals surface area contributed by atoms with Gasteiger partial charge in [0.15, 0.2) is 0 Å². The average molecular weight is 443 g/mol. The molecule has 7 heteroatoms. The predicted octanol–water partition coefficient (Wildman–Crippen LogP) is 4.08. The number of benzene rings is 1. The molecule has 168 valence electrons. The lowest BCUT2D eigenvalue weighted by Gasteiger charge is -2.27. The first-order chi connectivity index (χ1) is 14.9. The molecule has 2 N–H and O–H groups in total. The minimum Gasteiger partial charge on any atom is -0.493 e. The Labute approximate surface area is 190 Å². The summed E-state index contributed by atoms with van der Waals surface area (Å²) >= 11 is 1.51. The number of aliphatic imine (C=N–C) groups is 1. The lowest BCUT2D eigenvalue weighted by Crippen LogP contribution is -2.33. The van der Waals surface area contributed by atoms with Crippen molar-refractivity contribution < 1.29 is 9.53 Å².